The highest BCUT2D eigenvalue weighted by Gasteiger charge is 2.10. The number of anilines is 1. The van der Waals surface area contributed by atoms with Gasteiger partial charge in [-0.25, -0.2) is 9.97 Å². The lowest BCUT2D eigenvalue weighted by molar-refractivity contribution is 0.753. The normalized spacial score (nSPS) is 12.8. The van der Waals surface area contributed by atoms with Gasteiger partial charge in [-0.1, -0.05) is 27.7 Å². The second-order valence-corrected chi connectivity index (χ2v) is 5.93. The van der Waals surface area contributed by atoms with Crippen LogP contribution in [0.25, 0.3) is 0 Å². The molecule has 0 aliphatic heterocycles. The van der Waals surface area contributed by atoms with E-state index in [1.807, 2.05) is 17.8 Å². The van der Waals surface area contributed by atoms with Gasteiger partial charge in [-0.2, -0.15) is 0 Å². The van der Waals surface area contributed by atoms with E-state index in [0.717, 1.165) is 29.6 Å². The summed E-state index contributed by atoms with van der Waals surface area (Å²) in [5.74, 6) is 2.23. The van der Waals surface area contributed by atoms with Crippen molar-refractivity contribution in [2.24, 2.45) is 0 Å². The standard InChI is InChI=1S/C13H23N3S/c1-6-10(5)17-12-8-11(14-7-2)15-13(16-12)9(3)4/h8-10H,6-7H2,1-5H3,(H,14,15,16). The molecule has 0 fully saturated rings. The van der Waals surface area contributed by atoms with Gasteiger partial charge in [0.15, 0.2) is 0 Å². The molecule has 3 nitrogen and oxygen atoms in total. The monoisotopic (exact) mass is 253 g/mol. The van der Waals surface area contributed by atoms with Crippen molar-refractivity contribution < 1.29 is 0 Å². The van der Waals surface area contributed by atoms with E-state index in [9.17, 15) is 0 Å². The predicted molar refractivity (Wildman–Crippen MR) is 75.9 cm³/mol. The number of rotatable bonds is 6. The molecule has 1 heterocycles. The van der Waals surface area contributed by atoms with Crippen LogP contribution in [0.4, 0.5) is 5.82 Å². The molecule has 4 heteroatoms. The fourth-order valence-electron chi connectivity index (χ4n) is 1.32. The molecule has 17 heavy (non-hydrogen) atoms. The lowest BCUT2D eigenvalue weighted by Crippen LogP contribution is -2.06. The molecule has 1 rings (SSSR count). The lowest BCUT2D eigenvalue weighted by atomic mass is 10.2. The molecule has 0 aliphatic rings. The third kappa shape index (κ3) is 4.54. The van der Waals surface area contributed by atoms with Crippen LogP contribution in [0.3, 0.4) is 0 Å². The largest absolute Gasteiger partial charge is 0.370 e. The first-order valence-electron chi connectivity index (χ1n) is 6.36. The summed E-state index contributed by atoms with van der Waals surface area (Å²) < 4.78 is 0. The first kappa shape index (κ1) is 14.3. The Bertz CT molecular complexity index is 353. The van der Waals surface area contributed by atoms with Crippen molar-refractivity contribution in [1.29, 1.82) is 0 Å². The van der Waals surface area contributed by atoms with Crippen molar-refractivity contribution in [3.05, 3.63) is 11.9 Å². The summed E-state index contributed by atoms with van der Waals surface area (Å²) >= 11 is 1.82. The fourth-order valence-corrected chi connectivity index (χ4v) is 2.23. The van der Waals surface area contributed by atoms with E-state index in [2.05, 4.69) is 49.9 Å². The molecule has 1 aromatic rings. The van der Waals surface area contributed by atoms with Gasteiger partial charge in [0.25, 0.3) is 0 Å². The van der Waals surface area contributed by atoms with Gasteiger partial charge < -0.3 is 5.32 Å². The van der Waals surface area contributed by atoms with Crippen molar-refractivity contribution in [1.82, 2.24) is 9.97 Å². The molecule has 1 aromatic heterocycles. The summed E-state index contributed by atoms with van der Waals surface area (Å²) in [4.78, 5) is 9.14. The Balaban J connectivity index is 2.94. The molecule has 1 atom stereocenters. The zero-order valence-electron chi connectivity index (χ0n) is 11.4. The Labute approximate surface area is 109 Å². The van der Waals surface area contributed by atoms with Crippen molar-refractivity contribution in [2.75, 3.05) is 11.9 Å². The first-order valence-corrected chi connectivity index (χ1v) is 7.24. The highest BCUT2D eigenvalue weighted by molar-refractivity contribution is 7.99. The van der Waals surface area contributed by atoms with Crippen LogP contribution in [0.5, 0.6) is 0 Å². The zero-order valence-corrected chi connectivity index (χ0v) is 12.3. The number of nitrogens with one attached hydrogen (secondary N) is 1. The maximum Gasteiger partial charge on any atom is 0.134 e. The van der Waals surface area contributed by atoms with Gasteiger partial charge in [0.1, 0.15) is 16.7 Å². The number of thioether (sulfide) groups is 1. The number of hydrogen-bond donors (Lipinski definition) is 1. The summed E-state index contributed by atoms with van der Waals surface area (Å²) in [6, 6.07) is 2.05. The predicted octanol–water partition coefficient (Wildman–Crippen LogP) is 3.92. The summed E-state index contributed by atoms with van der Waals surface area (Å²) in [7, 11) is 0. The van der Waals surface area contributed by atoms with Gasteiger partial charge in [-0.3, -0.25) is 0 Å². The molecule has 0 radical (unpaired) electrons. The van der Waals surface area contributed by atoms with Gasteiger partial charge >= 0.3 is 0 Å². The topological polar surface area (TPSA) is 37.8 Å². The van der Waals surface area contributed by atoms with Crippen LogP contribution in [0.15, 0.2) is 11.1 Å². The Morgan fingerprint density at radius 3 is 2.47 bits per heavy atom. The molecule has 0 bridgehead atoms. The molecule has 0 aromatic carbocycles. The van der Waals surface area contributed by atoms with Gasteiger partial charge in [0, 0.05) is 23.8 Å². The summed E-state index contributed by atoms with van der Waals surface area (Å²) in [6.07, 6.45) is 1.15. The molecular weight excluding hydrogens is 230 g/mol. The maximum absolute atomic E-state index is 4.61. The van der Waals surface area contributed by atoms with Crippen LogP contribution in [0, 0.1) is 0 Å². The minimum Gasteiger partial charge on any atom is -0.370 e. The van der Waals surface area contributed by atoms with E-state index in [0.29, 0.717) is 11.2 Å². The Morgan fingerprint density at radius 2 is 1.94 bits per heavy atom. The van der Waals surface area contributed by atoms with E-state index >= 15 is 0 Å². The molecule has 0 saturated heterocycles. The average Bonchev–Trinajstić information content (AvgIpc) is 2.29. The highest BCUT2D eigenvalue weighted by Crippen LogP contribution is 2.26. The third-order valence-corrected chi connectivity index (χ3v) is 3.68. The first-order chi connectivity index (χ1) is 8.06. The quantitative estimate of drug-likeness (QED) is 0.616. The number of hydrogen-bond acceptors (Lipinski definition) is 4. The molecule has 96 valence electrons. The van der Waals surface area contributed by atoms with Gasteiger partial charge in [-0.15, -0.1) is 11.8 Å². The summed E-state index contributed by atoms with van der Waals surface area (Å²) in [6.45, 7) is 11.7. The van der Waals surface area contributed by atoms with Crippen LogP contribution in [-0.4, -0.2) is 21.8 Å². The molecule has 0 spiro atoms. The maximum atomic E-state index is 4.61. The fraction of sp³-hybridized carbons (Fsp3) is 0.692. The van der Waals surface area contributed by atoms with E-state index in [4.69, 9.17) is 0 Å². The van der Waals surface area contributed by atoms with Crippen molar-refractivity contribution >= 4 is 17.6 Å². The molecular formula is C13H23N3S. The average molecular weight is 253 g/mol. The Kier molecular flexibility index (Phi) is 5.75. The van der Waals surface area contributed by atoms with E-state index in [1.165, 1.54) is 0 Å². The Morgan fingerprint density at radius 1 is 1.24 bits per heavy atom. The minimum absolute atomic E-state index is 0.366. The van der Waals surface area contributed by atoms with E-state index in [-0.39, 0.29) is 0 Å². The zero-order chi connectivity index (χ0) is 12.8. The molecule has 0 saturated carbocycles. The summed E-state index contributed by atoms with van der Waals surface area (Å²) in [5.41, 5.74) is 0. The molecule has 0 amide bonds. The minimum atomic E-state index is 0.366. The van der Waals surface area contributed by atoms with Crippen molar-refractivity contribution in [3.8, 4) is 0 Å². The van der Waals surface area contributed by atoms with Crippen LogP contribution in [-0.2, 0) is 0 Å². The Hall–Kier alpha value is -0.770. The van der Waals surface area contributed by atoms with Crippen molar-refractivity contribution in [3.63, 3.8) is 0 Å². The smallest absolute Gasteiger partial charge is 0.134 e. The van der Waals surface area contributed by atoms with E-state index < -0.39 is 0 Å². The second-order valence-electron chi connectivity index (χ2n) is 4.47. The van der Waals surface area contributed by atoms with Gasteiger partial charge in [-0.05, 0) is 13.3 Å². The lowest BCUT2D eigenvalue weighted by Gasteiger charge is -2.12. The number of nitrogens with zero attached hydrogens (tertiary/aromatic N) is 2. The summed E-state index contributed by atoms with van der Waals surface area (Å²) in [5, 5.41) is 4.94. The SMILES string of the molecule is CCNc1cc(SC(C)CC)nc(C(C)C)n1. The van der Waals surface area contributed by atoms with Crippen LogP contribution < -0.4 is 5.32 Å². The van der Waals surface area contributed by atoms with Gasteiger partial charge in [0.05, 0.1) is 0 Å². The van der Waals surface area contributed by atoms with E-state index in [1.54, 1.807) is 0 Å². The van der Waals surface area contributed by atoms with Crippen LogP contribution >= 0.6 is 11.8 Å². The van der Waals surface area contributed by atoms with Crippen LogP contribution in [0.2, 0.25) is 0 Å². The van der Waals surface area contributed by atoms with Crippen LogP contribution in [0.1, 0.15) is 52.8 Å². The molecule has 0 aliphatic carbocycles. The third-order valence-electron chi connectivity index (χ3n) is 2.49. The highest BCUT2D eigenvalue weighted by atomic mass is 32.2. The molecule has 1 N–H and O–H groups in total. The number of aromatic nitrogens is 2. The van der Waals surface area contributed by atoms with Gasteiger partial charge in [0.2, 0.25) is 0 Å². The second kappa shape index (κ2) is 6.84. The van der Waals surface area contributed by atoms with Crippen molar-refractivity contribution in [2.45, 2.75) is 57.2 Å². The molecule has 1 unspecified atom stereocenters.